The minimum atomic E-state index is 0.501. The van der Waals surface area contributed by atoms with Gasteiger partial charge in [-0.25, -0.2) is 0 Å². The maximum absolute atomic E-state index is 4.13. The van der Waals surface area contributed by atoms with Crippen molar-refractivity contribution in [2.45, 2.75) is 0 Å². The number of hydrogen-bond donors (Lipinski definition) is 1. The second kappa shape index (κ2) is 3.05. The van der Waals surface area contributed by atoms with Crippen LogP contribution in [-0.4, -0.2) is 36.6 Å². The number of hydrogen-bond acceptors (Lipinski definition) is 7. The lowest BCUT2D eigenvalue weighted by molar-refractivity contribution is 0.630. The highest BCUT2D eigenvalue weighted by atomic mass is 32.1. The van der Waals surface area contributed by atoms with Gasteiger partial charge < -0.3 is 5.32 Å². The predicted molar refractivity (Wildman–Crippen MR) is 47.2 cm³/mol. The molecule has 2 aromatic rings. The van der Waals surface area contributed by atoms with E-state index in [1.165, 1.54) is 16.3 Å². The van der Waals surface area contributed by atoms with E-state index in [-0.39, 0.29) is 0 Å². The zero-order valence-corrected chi connectivity index (χ0v) is 7.91. The molecule has 2 rings (SSSR count). The third-order valence-electron chi connectivity index (χ3n) is 1.35. The number of rotatable bonds is 2. The zero-order chi connectivity index (χ0) is 9.26. The van der Waals surface area contributed by atoms with Crippen LogP contribution < -0.4 is 5.32 Å². The highest BCUT2D eigenvalue weighted by Crippen LogP contribution is 2.17. The van der Waals surface area contributed by atoms with Crippen molar-refractivity contribution in [2.75, 3.05) is 12.4 Å². The first kappa shape index (κ1) is 8.05. The van der Waals surface area contributed by atoms with Gasteiger partial charge in [-0.15, -0.1) is 10.2 Å². The molecule has 0 saturated carbocycles. The first-order valence-electron chi connectivity index (χ1n) is 3.55. The summed E-state index contributed by atoms with van der Waals surface area (Å²) in [4.78, 5) is 5.51. The van der Waals surface area contributed by atoms with Gasteiger partial charge in [0.2, 0.25) is 11.8 Å². The number of tetrazole rings is 1. The number of aromatic nitrogens is 6. The third kappa shape index (κ3) is 1.47. The summed E-state index contributed by atoms with van der Waals surface area (Å²) in [6.45, 7) is 0. The molecule has 0 bridgehead atoms. The van der Waals surface area contributed by atoms with E-state index in [0.29, 0.717) is 16.8 Å². The molecular weight excluding hydrogens is 190 g/mol. The fraction of sp³-hybridized carbons (Fsp3) is 0.400. The van der Waals surface area contributed by atoms with Gasteiger partial charge in [0, 0.05) is 7.05 Å². The summed E-state index contributed by atoms with van der Waals surface area (Å²) in [5.74, 6) is 1.08. The average Bonchev–Trinajstić information content (AvgIpc) is 2.71. The molecule has 13 heavy (non-hydrogen) atoms. The number of anilines is 1. The molecule has 0 atom stereocenters. The van der Waals surface area contributed by atoms with Gasteiger partial charge in [-0.05, 0) is 16.7 Å². The fourth-order valence-electron chi connectivity index (χ4n) is 0.786. The van der Waals surface area contributed by atoms with E-state index in [0.717, 1.165) is 0 Å². The Morgan fingerprint density at radius 2 is 2.31 bits per heavy atom. The third-order valence-corrected chi connectivity index (χ3v) is 2.06. The Morgan fingerprint density at radius 3 is 2.85 bits per heavy atom. The van der Waals surface area contributed by atoms with Crippen molar-refractivity contribution in [3.05, 3.63) is 0 Å². The zero-order valence-electron chi connectivity index (χ0n) is 7.09. The molecule has 0 saturated heterocycles. The van der Waals surface area contributed by atoms with E-state index in [9.17, 15) is 0 Å². The Kier molecular flexibility index (Phi) is 1.89. The van der Waals surface area contributed by atoms with Gasteiger partial charge in [0.1, 0.15) is 0 Å². The monoisotopic (exact) mass is 197 g/mol. The molecule has 0 aromatic carbocycles. The average molecular weight is 197 g/mol. The van der Waals surface area contributed by atoms with E-state index in [2.05, 4.69) is 30.1 Å². The number of nitrogens with one attached hydrogen (secondary N) is 1. The highest BCUT2D eigenvalue weighted by molar-refractivity contribution is 7.09. The highest BCUT2D eigenvalue weighted by Gasteiger charge is 2.09. The summed E-state index contributed by atoms with van der Waals surface area (Å²) in [5.41, 5.74) is 0. The Bertz CT molecular complexity index is 404. The summed E-state index contributed by atoms with van der Waals surface area (Å²) in [6, 6.07) is 0. The van der Waals surface area contributed by atoms with E-state index in [4.69, 9.17) is 0 Å². The van der Waals surface area contributed by atoms with Crippen molar-refractivity contribution >= 4 is 17.5 Å². The molecule has 0 unspecified atom stereocenters. The van der Waals surface area contributed by atoms with Gasteiger partial charge in [0.15, 0.2) is 5.01 Å². The smallest absolute Gasteiger partial charge is 0.235 e. The Labute approximate surface area is 78.0 Å². The number of nitrogens with zero attached hydrogens (tertiary/aromatic N) is 6. The first-order valence-corrected chi connectivity index (χ1v) is 4.33. The standard InChI is InChI=1S/C5H7N7S/c1-6-5-7-4(13-10-5)3-8-11-12(2)9-3/h1-2H3,(H,6,10). The maximum atomic E-state index is 4.13. The van der Waals surface area contributed by atoms with E-state index < -0.39 is 0 Å². The van der Waals surface area contributed by atoms with Crippen molar-refractivity contribution in [3.63, 3.8) is 0 Å². The topological polar surface area (TPSA) is 81.4 Å². The van der Waals surface area contributed by atoms with E-state index >= 15 is 0 Å². The molecule has 2 aromatic heterocycles. The van der Waals surface area contributed by atoms with Crippen LogP contribution in [0.4, 0.5) is 5.95 Å². The molecule has 0 aliphatic rings. The van der Waals surface area contributed by atoms with Gasteiger partial charge in [0.05, 0.1) is 7.05 Å². The normalized spacial score (nSPS) is 10.3. The Hall–Kier alpha value is -1.57. The lowest BCUT2D eigenvalue weighted by Crippen LogP contribution is -1.92. The molecule has 0 fully saturated rings. The molecule has 1 N–H and O–H groups in total. The van der Waals surface area contributed by atoms with Crippen molar-refractivity contribution in [1.82, 2.24) is 29.6 Å². The largest absolute Gasteiger partial charge is 0.357 e. The van der Waals surface area contributed by atoms with Gasteiger partial charge in [0.25, 0.3) is 0 Å². The molecule has 68 valence electrons. The van der Waals surface area contributed by atoms with Crippen LogP contribution in [0.2, 0.25) is 0 Å². The molecule has 0 aliphatic carbocycles. The van der Waals surface area contributed by atoms with Gasteiger partial charge in [-0.3, -0.25) is 0 Å². The lowest BCUT2D eigenvalue weighted by atomic mass is 10.7. The summed E-state index contributed by atoms with van der Waals surface area (Å²) >= 11 is 1.24. The van der Waals surface area contributed by atoms with E-state index in [1.54, 1.807) is 14.1 Å². The van der Waals surface area contributed by atoms with Crippen LogP contribution >= 0.6 is 11.5 Å². The maximum Gasteiger partial charge on any atom is 0.235 e. The van der Waals surface area contributed by atoms with Gasteiger partial charge in [-0.2, -0.15) is 14.2 Å². The van der Waals surface area contributed by atoms with Crippen LogP contribution in [0.1, 0.15) is 0 Å². The Balaban J connectivity index is 2.35. The van der Waals surface area contributed by atoms with Gasteiger partial charge in [-0.1, -0.05) is 0 Å². The number of aryl methyl sites for hydroxylation is 1. The second-order valence-electron chi connectivity index (χ2n) is 2.28. The fourth-order valence-corrected chi connectivity index (χ4v) is 1.38. The minimum Gasteiger partial charge on any atom is -0.357 e. The second-order valence-corrected chi connectivity index (χ2v) is 3.03. The molecule has 2 heterocycles. The summed E-state index contributed by atoms with van der Waals surface area (Å²) in [7, 11) is 3.46. The molecule has 0 spiro atoms. The summed E-state index contributed by atoms with van der Waals surface area (Å²) < 4.78 is 4.02. The van der Waals surface area contributed by atoms with Gasteiger partial charge >= 0.3 is 0 Å². The SMILES string of the molecule is CNc1nsc(-c2nnn(C)n2)n1. The molecular formula is C5H7N7S. The lowest BCUT2D eigenvalue weighted by Gasteiger charge is -1.85. The first-order chi connectivity index (χ1) is 6.29. The van der Waals surface area contributed by atoms with Crippen molar-refractivity contribution < 1.29 is 0 Å². The van der Waals surface area contributed by atoms with Crippen molar-refractivity contribution in [2.24, 2.45) is 7.05 Å². The molecule has 0 amide bonds. The van der Waals surface area contributed by atoms with Crippen molar-refractivity contribution in [1.29, 1.82) is 0 Å². The van der Waals surface area contributed by atoms with Crippen LogP contribution in [0.25, 0.3) is 10.8 Å². The molecule has 7 nitrogen and oxygen atoms in total. The van der Waals surface area contributed by atoms with Crippen LogP contribution in [0, 0.1) is 0 Å². The summed E-state index contributed by atoms with van der Waals surface area (Å²) in [6.07, 6.45) is 0. The van der Waals surface area contributed by atoms with Crippen LogP contribution in [0.3, 0.4) is 0 Å². The van der Waals surface area contributed by atoms with Crippen LogP contribution in [0.15, 0.2) is 0 Å². The summed E-state index contributed by atoms with van der Waals surface area (Å²) in [5, 5.41) is 15.0. The predicted octanol–water partition coefficient (Wildman–Crippen LogP) is -0.230. The molecule has 8 heteroatoms. The van der Waals surface area contributed by atoms with Crippen LogP contribution in [-0.2, 0) is 7.05 Å². The van der Waals surface area contributed by atoms with Crippen LogP contribution in [0.5, 0.6) is 0 Å². The molecule has 0 radical (unpaired) electrons. The quantitative estimate of drug-likeness (QED) is 0.716. The Morgan fingerprint density at radius 1 is 1.46 bits per heavy atom. The van der Waals surface area contributed by atoms with E-state index in [1.807, 2.05) is 0 Å². The minimum absolute atomic E-state index is 0.501. The molecule has 0 aliphatic heterocycles. The van der Waals surface area contributed by atoms with Crippen molar-refractivity contribution in [3.8, 4) is 10.8 Å².